The van der Waals surface area contributed by atoms with Crippen LogP contribution in [0.3, 0.4) is 0 Å². The highest BCUT2D eigenvalue weighted by atomic mass is 19.1. The number of imide groups is 1. The van der Waals surface area contributed by atoms with E-state index in [0.717, 1.165) is 6.07 Å². The second-order valence-corrected chi connectivity index (χ2v) is 4.97. The van der Waals surface area contributed by atoms with Crippen LogP contribution in [-0.2, 0) is 19.9 Å². The average Bonchev–Trinajstić information content (AvgIpc) is 2.89. The van der Waals surface area contributed by atoms with Crippen LogP contribution in [0.1, 0.15) is 12.5 Å². The largest absolute Gasteiger partial charge is 0.380 e. The van der Waals surface area contributed by atoms with E-state index in [0.29, 0.717) is 12.3 Å². The van der Waals surface area contributed by atoms with Gasteiger partial charge in [0.05, 0.1) is 12.3 Å². The van der Waals surface area contributed by atoms with Crippen molar-refractivity contribution in [2.75, 3.05) is 24.7 Å². The van der Waals surface area contributed by atoms with Crippen LogP contribution in [0.5, 0.6) is 0 Å². The van der Waals surface area contributed by atoms with E-state index >= 15 is 0 Å². The van der Waals surface area contributed by atoms with Gasteiger partial charge in [-0.1, -0.05) is 0 Å². The molecular weight excluding hydrogens is 293 g/mol. The Morgan fingerprint density at radius 1 is 1.32 bits per heavy atom. The number of amides is 4. The molecule has 2 aliphatic heterocycles. The van der Waals surface area contributed by atoms with E-state index in [9.17, 15) is 18.8 Å². The number of halogens is 1. The van der Waals surface area contributed by atoms with E-state index < -0.39 is 29.2 Å². The lowest BCUT2D eigenvalue weighted by Gasteiger charge is -2.21. The summed E-state index contributed by atoms with van der Waals surface area (Å²) in [5.41, 5.74) is -1.36. The highest BCUT2D eigenvalue weighted by molar-refractivity contribution is 6.27. The average molecular weight is 307 g/mol. The summed E-state index contributed by atoms with van der Waals surface area (Å²) in [6.07, 6.45) is 0. The van der Waals surface area contributed by atoms with E-state index in [2.05, 4.69) is 5.32 Å². The summed E-state index contributed by atoms with van der Waals surface area (Å²) in [5.74, 6) is -2.00. The van der Waals surface area contributed by atoms with Crippen molar-refractivity contribution in [1.29, 1.82) is 0 Å². The fourth-order valence-corrected chi connectivity index (χ4v) is 2.79. The number of urea groups is 1. The van der Waals surface area contributed by atoms with Crippen LogP contribution >= 0.6 is 0 Å². The molecule has 1 aromatic rings. The molecule has 2 N–H and O–H groups in total. The number of anilines is 1. The molecule has 0 aromatic heterocycles. The van der Waals surface area contributed by atoms with E-state index in [-0.39, 0.29) is 18.7 Å². The summed E-state index contributed by atoms with van der Waals surface area (Å²) >= 11 is 0. The molecule has 1 saturated heterocycles. The van der Waals surface area contributed by atoms with Crippen LogP contribution in [0.4, 0.5) is 14.9 Å². The molecule has 0 saturated carbocycles. The van der Waals surface area contributed by atoms with Crippen molar-refractivity contribution in [3.8, 4) is 0 Å². The molecule has 7 nitrogen and oxygen atoms in total. The molecule has 4 amide bonds. The van der Waals surface area contributed by atoms with Gasteiger partial charge in [-0.25, -0.2) is 9.18 Å². The van der Waals surface area contributed by atoms with Crippen LogP contribution in [0.15, 0.2) is 18.2 Å². The van der Waals surface area contributed by atoms with Gasteiger partial charge in [0, 0.05) is 18.7 Å². The maximum absolute atomic E-state index is 13.6. The summed E-state index contributed by atoms with van der Waals surface area (Å²) in [6.45, 7) is 2.78. The number of carbonyl (C=O) groups excluding carboxylic acids is 3. The zero-order chi connectivity index (χ0) is 15.9. The first-order valence-electron chi connectivity index (χ1n) is 6.84. The molecule has 22 heavy (non-hydrogen) atoms. The molecule has 0 aliphatic carbocycles. The van der Waals surface area contributed by atoms with Crippen molar-refractivity contribution in [3.63, 3.8) is 0 Å². The van der Waals surface area contributed by atoms with Crippen LogP contribution in [0.25, 0.3) is 0 Å². The number of ether oxygens (including phenoxy) is 1. The van der Waals surface area contributed by atoms with Crippen molar-refractivity contribution >= 4 is 23.5 Å². The number of nitrogens with zero attached hydrogens (tertiary/aromatic N) is 1. The highest BCUT2D eigenvalue weighted by Crippen LogP contribution is 2.42. The zero-order valence-corrected chi connectivity index (χ0v) is 11.8. The summed E-state index contributed by atoms with van der Waals surface area (Å²) < 4.78 is 18.8. The minimum atomic E-state index is -1.89. The van der Waals surface area contributed by atoms with Crippen LogP contribution < -0.4 is 15.5 Å². The SMILES string of the molecule is CCOCCN1C(=O)C2(NC(=O)NC2=O)c2cc(F)ccc21. The maximum Gasteiger partial charge on any atom is 0.323 e. The van der Waals surface area contributed by atoms with Gasteiger partial charge in [-0.15, -0.1) is 0 Å². The van der Waals surface area contributed by atoms with Gasteiger partial charge in [-0.2, -0.15) is 0 Å². The molecule has 1 spiro atoms. The third kappa shape index (κ3) is 1.87. The van der Waals surface area contributed by atoms with Crippen LogP contribution in [0, 0.1) is 5.82 Å². The van der Waals surface area contributed by atoms with Crippen LogP contribution in [0.2, 0.25) is 0 Å². The lowest BCUT2D eigenvalue weighted by Crippen LogP contribution is -2.52. The number of nitrogens with one attached hydrogen (secondary N) is 2. The Hall–Kier alpha value is -2.48. The van der Waals surface area contributed by atoms with Gasteiger partial charge in [0.15, 0.2) is 0 Å². The van der Waals surface area contributed by atoms with Crippen molar-refractivity contribution < 1.29 is 23.5 Å². The topological polar surface area (TPSA) is 87.7 Å². The second kappa shape index (κ2) is 5.06. The maximum atomic E-state index is 13.6. The molecule has 2 heterocycles. The summed E-state index contributed by atoms with van der Waals surface area (Å²) in [6, 6.07) is 2.94. The number of hydrogen-bond donors (Lipinski definition) is 2. The molecule has 0 radical (unpaired) electrons. The van der Waals surface area contributed by atoms with Crippen molar-refractivity contribution in [1.82, 2.24) is 10.6 Å². The van der Waals surface area contributed by atoms with Crippen molar-refractivity contribution in [2.45, 2.75) is 12.5 Å². The Morgan fingerprint density at radius 2 is 2.09 bits per heavy atom. The Balaban J connectivity index is 2.07. The van der Waals surface area contributed by atoms with Gasteiger partial charge in [-0.3, -0.25) is 14.9 Å². The quantitative estimate of drug-likeness (QED) is 0.474. The molecular formula is C14H14FN3O4. The Bertz CT molecular complexity index is 678. The third-order valence-corrected chi connectivity index (χ3v) is 3.75. The molecule has 1 fully saturated rings. The Kier molecular flexibility index (Phi) is 3.32. The lowest BCUT2D eigenvalue weighted by atomic mass is 9.91. The second-order valence-electron chi connectivity index (χ2n) is 4.97. The van der Waals surface area contributed by atoms with E-state index in [1.54, 1.807) is 0 Å². The van der Waals surface area contributed by atoms with Gasteiger partial charge in [0.2, 0.25) is 5.54 Å². The predicted molar refractivity (Wildman–Crippen MR) is 73.6 cm³/mol. The monoisotopic (exact) mass is 307 g/mol. The van der Waals surface area contributed by atoms with E-state index in [1.165, 1.54) is 17.0 Å². The van der Waals surface area contributed by atoms with Crippen molar-refractivity contribution in [3.05, 3.63) is 29.6 Å². The van der Waals surface area contributed by atoms with E-state index in [1.807, 2.05) is 12.2 Å². The van der Waals surface area contributed by atoms with Crippen LogP contribution in [-0.4, -0.2) is 37.6 Å². The minimum absolute atomic E-state index is 0.136. The normalized spacial score (nSPS) is 23.0. The number of fused-ring (bicyclic) bond motifs is 2. The first-order valence-corrected chi connectivity index (χ1v) is 6.84. The third-order valence-electron chi connectivity index (χ3n) is 3.75. The number of benzene rings is 1. The molecule has 1 atom stereocenters. The standard InChI is InChI=1S/C14H14FN3O4/c1-2-22-6-5-18-10-4-3-8(15)7-9(10)14(12(18)20)11(19)16-13(21)17-14/h3-4,7H,2,5-6H2,1H3,(H2,16,17,19,21). The van der Waals surface area contributed by atoms with Gasteiger partial charge >= 0.3 is 6.03 Å². The minimum Gasteiger partial charge on any atom is -0.380 e. The molecule has 0 bridgehead atoms. The zero-order valence-electron chi connectivity index (χ0n) is 11.8. The van der Waals surface area contributed by atoms with E-state index in [4.69, 9.17) is 4.74 Å². The van der Waals surface area contributed by atoms with Gasteiger partial charge in [-0.05, 0) is 25.1 Å². The molecule has 8 heteroatoms. The predicted octanol–water partition coefficient (Wildman–Crippen LogP) is 0.244. The first-order chi connectivity index (χ1) is 10.5. The molecule has 116 valence electrons. The fourth-order valence-electron chi connectivity index (χ4n) is 2.79. The number of carbonyl (C=O) groups is 3. The van der Waals surface area contributed by atoms with Gasteiger partial charge in [0.1, 0.15) is 5.82 Å². The Labute approximate surface area is 125 Å². The summed E-state index contributed by atoms with van der Waals surface area (Å²) in [4.78, 5) is 37.7. The molecule has 2 aliphatic rings. The number of hydrogen-bond acceptors (Lipinski definition) is 4. The summed E-state index contributed by atoms with van der Waals surface area (Å²) in [7, 11) is 0. The smallest absolute Gasteiger partial charge is 0.323 e. The lowest BCUT2D eigenvalue weighted by molar-refractivity contribution is -0.134. The number of rotatable bonds is 4. The highest BCUT2D eigenvalue weighted by Gasteiger charge is 2.61. The molecule has 1 aromatic carbocycles. The molecule has 1 unspecified atom stereocenters. The fraction of sp³-hybridized carbons (Fsp3) is 0.357. The first kappa shape index (κ1) is 14.5. The van der Waals surface area contributed by atoms with Gasteiger partial charge in [0.25, 0.3) is 11.8 Å². The summed E-state index contributed by atoms with van der Waals surface area (Å²) in [5, 5.41) is 4.37. The Morgan fingerprint density at radius 3 is 2.73 bits per heavy atom. The molecule has 3 rings (SSSR count). The van der Waals surface area contributed by atoms with Crippen molar-refractivity contribution in [2.24, 2.45) is 0 Å². The van der Waals surface area contributed by atoms with Gasteiger partial charge < -0.3 is 15.0 Å².